The molecule has 0 aliphatic carbocycles. The van der Waals surface area contributed by atoms with Gasteiger partial charge in [0, 0.05) is 21.5 Å². The van der Waals surface area contributed by atoms with Gasteiger partial charge in [-0.2, -0.15) is 8.42 Å². The summed E-state index contributed by atoms with van der Waals surface area (Å²) in [7, 11) is -4.96. The normalized spacial score (nSPS) is 11.7. The number of carbonyl (C=O) groups is 1. The Morgan fingerprint density at radius 2 is 1.81 bits per heavy atom. The van der Waals surface area contributed by atoms with Gasteiger partial charge in [-0.05, 0) is 46.3 Å². The number of hydrogen-bond acceptors (Lipinski definition) is 5. The van der Waals surface area contributed by atoms with Crippen LogP contribution in [0.3, 0.4) is 0 Å². The van der Waals surface area contributed by atoms with Crippen molar-refractivity contribution >= 4 is 48.9 Å². The van der Waals surface area contributed by atoms with Gasteiger partial charge in [-0.1, -0.05) is 0 Å². The van der Waals surface area contributed by atoms with Crippen LogP contribution in [0, 0.1) is 5.82 Å². The largest absolute Gasteiger partial charge is 0.478 e. The minimum atomic E-state index is -4.96. The van der Waals surface area contributed by atoms with E-state index in [0.29, 0.717) is 0 Å². The van der Waals surface area contributed by atoms with E-state index in [9.17, 15) is 27.9 Å². The van der Waals surface area contributed by atoms with E-state index < -0.39 is 32.2 Å². The van der Waals surface area contributed by atoms with Gasteiger partial charge in [0.2, 0.25) is 0 Å². The lowest BCUT2D eigenvalue weighted by Gasteiger charge is -2.13. The molecule has 0 atom stereocenters. The summed E-state index contributed by atoms with van der Waals surface area (Å²) in [4.78, 5) is 11.7. The summed E-state index contributed by atoms with van der Waals surface area (Å²) in [6.07, 6.45) is 0. The van der Waals surface area contributed by atoms with E-state index in [0.717, 1.165) is 18.2 Å². The van der Waals surface area contributed by atoms with Gasteiger partial charge in [-0.15, -0.1) is 4.47 Å². The van der Waals surface area contributed by atoms with Crippen LogP contribution in [0.1, 0.15) is 10.4 Å². The van der Waals surface area contributed by atoms with Gasteiger partial charge in [0.25, 0.3) is 0 Å². The first-order chi connectivity index (χ1) is 12.1. The topological polar surface area (TPSA) is 128 Å². The molecule has 0 amide bonds. The highest BCUT2D eigenvalue weighted by Gasteiger charge is 2.26. The Bertz CT molecular complexity index is 1130. The Labute approximate surface area is 154 Å². The quantitative estimate of drug-likeness (QED) is 0.412. The Morgan fingerprint density at radius 3 is 2.35 bits per heavy atom. The molecule has 11 heteroatoms. The minimum Gasteiger partial charge on any atom is -0.478 e. The van der Waals surface area contributed by atoms with Crippen LogP contribution >= 0.6 is 15.9 Å². The molecule has 3 rings (SSSR count). The number of fused-ring (bicyclic) bond motifs is 1. The van der Waals surface area contributed by atoms with E-state index in [1.54, 1.807) is 0 Å². The minimum absolute atomic E-state index is 0.0147. The Kier molecular flexibility index (Phi) is 4.48. The Balaban J connectivity index is 2.30. The third-order valence-corrected chi connectivity index (χ3v) is 4.77. The monoisotopic (exact) mass is 445 g/mol. The summed E-state index contributed by atoms with van der Waals surface area (Å²) < 4.78 is 49.4. The number of benzene rings is 2. The molecular formula is C15H9BrFNO7S. The van der Waals surface area contributed by atoms with Gasteiger partial charge in [-0.3, -0.25) is 9.76 Å². The molecule has 136 valence electrons. The van der Waals surface area contributed by atoms with Crippen LogP contribution in [0.5, 0.6) is 0 Å². The summed E-state index contributed by atoms with van der Waals surface area (Å²) in [6.45, 7) is 0. The van der Waals surface area contributed by atoms with E-state index in [2.05, 4.69) is 15.9 Å². The molecule has 0 aliphatic rings. The van der Waals surface area contributed by atoms with E-state index in [1.165, 1.54) is 18.2 Å². The van der Waals surface area contributed by atoms with E-state index in [1.807, 2.05) is 0 Å². The zero-order valence-corrected chi connectivity index (χ0v) is 15.0. The zero-order valence-electron chi connectivity index (χ0n) is 12.6. The van der Waals surface area contributed by atoms with Crippen molar-refractivity contribution in [3.05, 3.63) is 52.3 Å². The number of carboxylic acid groups (broad SMARTS) is 1. The maximum atomic E-state index is 13.1. The number of nitrogens with zero attached hydrogens (tertiary/aromatic N) is 1. The van der Waals surface area contributed by atoms with Crippen molar-refractivity contribution in [2.45, 2.75) is 0 Å². The van der Waals surface area contributed by atoms with Crippen LogP contribution in [0.15, 0.2) is 45.3 Å². The summed E-state index contributed by atoms with van der Waals surface area (Å²) in [5.74, 6) is -1.91. The number of halogens is 2. The van der Waals surface area contributed by atoms with Crippen LogP contribution in [0.4, 0.5) is 10.1 Å². The molecule has 0 aliphatic heterocycles. The van der Waals surface area contributed by atoms with E-state index in [-0.39, 0.29) is 32.3 Å². The molecular weight excluding hydrogens is 437 g/mol. The fourth-order valence-electron chi connectivity index (χ4n) is 2.39. The van der Waals surface area contributed by atoms with Crippen molar-refractivity contribution < 1.29 is 36.9 Å². The van der Waals surface area contributed by atoms with Gasteiger partial charge in [0.05, 0.1) is 0 Å². The molecule has 0 unspecified atom stereocenters. The average Bonchev–Trinajstić information content (AvgIpc) is 2.91. The molecule has 2 aromatic carbocycles. The van der Waals surface area contributed by atoms with Crippen LogP contribution < -0.4 is 4.47 Å². The SMILES string of the molecule is O=C(O)c1c(-c2ccc(F)cc2)oc2cc(N(O)S(=O)(=O)O)c(Br)cc12. The summed E-state index contributed by atoms with van der Waals surface area (Å²) in [5.41, 5.74) is -0.400. The van der Waals surface area contributed by atoms with E-state index >= 15 is 0 Å². The van der Waals surface area contributed by atoms with Gasteiger partial charge in [0.1, 0.15) is 28.4 Å². The number of anilines is 1. The number of rotatable bonds is 4. The van der Waals surface area contributed by atoms with Crippen molar-refractivity contribution in [2.75, 3.05) is 4.47 Å². The molecule has 0 saturated heterocycles. The van der Waals surface area contributed by atoms with Crippen molar-refractivity contribution in [1.29, 1.82) is 0 Å². The lowest BCUT2D eigenvalue weighted by atomic mass is 10.1. The Hall–Kier alpha value is -2.47. The predicted octanol–water partition coefficient (Wildman–Crippen LogP) is 3.70. The van der Waals surface area contributed by atoms with Gasteiger partial charge in [-0.25, -0.2) is 9.18 Å². The maximum Gasteiger partial charge on any atom is 0.382 e. The van der Waals surface area contributed by atoms with Crippen molar-refractivity contribution in [3.8, 4) is 11.3 Å². The van der Waals surface area contributed by atoms with Gasteiger partial charge < -0.3 is 9.52 Å². The standard InChI is InChI=1S/C15H9BrFNO7S/c16-10-5-9-12(6-11(10)18(21)26(22,23)24)25-14(13(9)15(19)20)7-1-3-8(17)4-2-7/h1-6,21H,(H,19,20)(H,22,23,24). The van der Waals surface area contributed by atoms with Crippen LogP contribution in [0.2, 0.25) is 0 Å². The average molecular weight is 446 g/mol. The number of hydrogen-bond donors (Lipinski definition) is 3. The first-order valence-electron chi connectivity index (χ1n) is 6.81. The summed E-state index contributed by atoms with van der Waals surface area (Å²) in [5, 5.41) is 19.2. The molecule has 1 heterocycles. The second kappa shape index (κ2) is 6.36. The molecule has 0 saturated carbocycles. The number of carboxylic acids is 1. The maximum absolute atomic E-state index is 13.1. The fraction of sp³-hybridized carbons (Fsp3) is 0. The molecule has 8 nitrogen and oxygen atoms in total. The summed E-state index contributed by atoms with van der Waals surface area (Å²) in [6, 6.07) is 7.16. The molecule has 3 N–H and O–H groups in total. The van der Waals surface area contributed by atoms with Crippen LogP contribution in [-0.2, 0) is 10.3 Å². The highest BCUT2D eigenvalue weighted by Crippen LogP contribution is 2.39. The van der Waals surface area contributed by atoms with Crippen molar-refractivity contribution in [2.24, 2.45) is 0 Å². The van der Waals surface area contributed by atoms with Crippen molar-refractivity contribution in [3.63, 3.8) is 0 Å². The lowest BCUT2D eigenvalue weighted by Crippen LogP contribution is -2.26. The molecule has 0 bridgehead atoms. The van der Waals surface area contributed by atoms with Crippen LogP contribution in [0.25, 0.3) is 22.3 Å². The van der Waals surface area contributed by atoms with Gasteiger partial charge in [0.15, 0.2) is 0 Å². The highest BCUT2D eigenvalue weighted by atomic mass is 79.9. The molecule has 0 spiro atoms. The molecule has 1 aromatic heterocycles. The molecule has 0 fully saturated rings. The fourth-order valence-corrected chi connectivity index (χ4v) is 3.42. The number of aromatic carboxylic acids is 1. The third kappa shape index (κ3) is 3.17. The second-order valence-corrected chi connectivity index (χ2v) is 7.23. The van der Waals surface area contributed by atoms with Crippen molar-refractivity contribution in [1.82, 2.24) is 0 Å². The van der Waals surface area contributed by atoms with E-state index in [4.69, 9.17) is 8.97 Å². The highest BCUT2D eigenvalue weighted by molar-refractivity contribution is 9.10. The summed E-state index contributed by atoms with van der Waals surface area (Å²) >= 11 is 3.01. The van der Waals surface area contributed by atoms with Gasteiger partial charge >= 0.3 is 16.3 Å². The zero-order chi connectivity index (χ0) is 19.2. The molecule has 26 heavy (non-hydrogen) atoms. The molecule has 0 radical (unpaired) electrons. The lowest BCUT2D eigenvalue weighted by molar-refractivity contribution is 0.0699. The second-order valence-electron chi connectivity index (χ2n) is 5.14. The van der Waals surface area contributed by atoms with Crippen LogP contribution in [-0.4, -0.2) is 29.3 Å². The Morgan fingerprint density at radius 1 is 1.19 bits per heavy atom. The number of furan rings is 1. The first kappa shape index (κ1) is 18.3. The smallest absolute Gasteiger partial charge is 0.382 e. The predicted molar refractivity (Wildman–Crippen MR) is 92.1 cm³/mol. The molecule has 3 aromatic rings. The third-order valence-electron chi connectivity index (χ3n) is 3.50. The first-order valence-corrected chi connectivity index (χ1v) is 9.00.